The lowest BCUT2D eigenvalue weighted by Gasteiger charge is -2.27. The third-order valence-electron chi connectivity index (χ3n) is 5.79. The zero-order valence-corrected chi connectivity index (χ0v) is 16.3. The first kappa shape index (κ1) is 18.6. The first-order chi connectivity index (χ1) is 13.7. The highest BCUT2D eigenvalue weighted by molar-refractivity contribution is 5.76. The molecule has 1 saturated carbocycles. The van der Waals surface area contributed by atoms with Crippen LogP contribution in [0.2, 0.25) is 0 Å². The highest BCUT2D eigenvalue weighted by atomic mass is 16.1. The molecule has 28 heavy (non-hydrogen) atoms. The fourth-order valence-electron chi connectivity index (χ4n) is 4.17. The van der Waals surface area contributed by atoms with Gasteiger partial charge in [-0.15, -0.1) is 0 Å². The lowest BCUT2D eigenvalue weighted by molar-refractivity contribution is -0.121. The number of hydrogen-bond donors (Lipinski definition) is 1. The van der Waals surface area contributed by atoms with Crippen LogP contribution in [0.1, 0.15) is 49.3 Å². The van der Waals surface area contributed by atoms with E-state index >= 15 is 0 Å². The smallest absolute Gasteiger partial charge is 0.220 e. The summed E-state index contributed by atoms with van der Waals surface area (Å²) in [5.41, 5.74) is 4.08. The fraction of sp³-hybridized carbons (Fsp3) is 0.455. The molecule has 4 rings (SSSR count). The number of aryl methyl sites for hydroxylation is 2. The van der Waals surface area contributed by atoms with Gasteiger partial charge in [0.05, 0.1) is 5.69 Å². The van der Waals surface area contributed by atoms with E-state index in [1.807, 2.05) is 29.9 Å². The predicted molar refractivity (Wildman–Crippen MR) is 109 cm³/mol. The Morgan fingerprint density at radius 3 is 2.64 bits per heavy atom. The summed E-state index contributed by atoms with van der Waals surface area (Å²) in [5.74, 6) is 1.14. The molecule has 1 aromatic carbocycles. The zero-order valence-electron chi connectivity index (χ0n) is 16.3. The van der Waals surface area contributed by atoms with Crippen molar-refractivity contribution in [2.75, 3.05) is 6.54 Å². The number of rotatable bonds is 6. The second kappa shape index (κ2) is 8.50. The molecule has 2 heterocycles. The Morgan fingerprint density at radius 2 is 1.86 bits per heavy atom. The summed E-state index contributed by atoms with van der Waals surface area (Å²) in [4.78, 5) is 21.0. The van der Waals surface area contributed by atoms with Crippen LogP contribution < -0.4 is 5.32 Å². The Labute approximate surface area is 165 Å². The van der Waals surface area contributed by atoms with Crippen molar-refractivity contribution in [1.29, 1.82) is 0 Å². The van der Waals surface area contributed by atoms with E-state index in [9.17, 15) is 4.79 Å². The lowest BCUT2D eigenvalue weighted by atomic mass is 9.80. The van der Waals surface area contributed by atoms with Crippen LogP contribution in [0.5, 0.6) is 0 Å². The Kier molecular flexibility index (Phi) is 5.65. The van der Waals surface area contributed by atoms with E-state index in [1.54, 1.807) is 12.4 Å². The van der Waals surface area contributed by atoms with Crippen LogP contribution in [0.25, 0.3) is 11.2 Å². The number of aromatic nitrogens is 4. The summed E-state index contributed by atoms with van der Waals surface area (Å²) in [6.45, 7) is 0.781. The molecule has 0 aliphatic heterocycles. The second-order valence-corrected chi connectivity index (χ2v) is 7.74. The van der Waals surface area contributed by atoms with Crippen LogP contribution in [0.4, 0.5) is 0 Å². The minimum absolute atomic E-state index is 0.150. The molecular formula is C22H27N5O. The molecule has 146 valence electrons. The highest BCUT2D eigenvalue weighted by Crippen LogP contribution is 2.36. The summed E-state index contributed by atoms with van der Waals surface area (Å²) < 4.78 is 1.83. The van der Waals surface area contributed by atoms with Crippen molar-refractivity contribution in [2.45, 2.75) is 44.4 Å². The van der Waals surface area contributed by atoms with E-state index in [0.717, 1.165) is 55.5 Å². The summed E-state index contributed by atoms with van der Waals surface area (Å²) in [7, 11) is 1.93. The van der Waals surface area contributed by atoms with E-state index in [2.05, 4.69) is 32.5 Å². The maximum Gasteiger partial charge on any atom is 0.220 e. The predicted octanol–water partition coefficient (Wildman–Crippen LogP) is 3.39. The molecule has 6 heteroatoms. The van der Waals surface area contributed by atoms with Gasteiger partial charge < -0.3 is 5.32 Å². The van der Waals surface area contributed by atoms with Gasteiger partial charge in [-0.2, -0.15) is 5.10 Å². The molecule has 0 saturated heterocycles. The maximum atomic E-state index is 12.2. The van der Waals surface area contributed by atoms with E-state index in [4.69, 9.17) is 0 Å². The first-order valence-corrected chi connectivity index (χ1v) is 10.1. The van der Waals surface area contributed by atoms with Gasteiger partial charge in [0, 0.05) is 38.3 Å². The van der Waals surface area contributed by atoms with Gasteiger partial charge in [0.15, 0.2) is 5.65 Å². The molecule has 6 nitrogen and oxygen atoms in total. The van der Waals surface area contributed by atoms with Crippen LogP contribution in [0.15, 0.2) is 42.7 Å². The van der Waals surface area contributed by atoms with Crippen LogP contribution in [0.3, 0.4) is 0 Å². The average Bonchev–Trinajstić information content (AvgIpc) is 3.09. The van der Waals surface area contributed by atoms with E-state index in [1.165, 1.54) is 5.56 Å². The van der Waals surface area contributed by atoms with Gasteiger partial charge in [0.25, 0.3) is 0 Å². The lowest BCUT2D eigenvalue weighted by Crippen LogP contribution is -2.31. The fourth-order valence-corrected chi connectivity index (χ4v) is 4.17. The van der Waals surface area contributed by atoms with Crippen LogP contribution in [-0.4, -0.2) is 32.2 Å². The molecule has 1 amide bonds. The Morgan fingerprint density at radius 1 is 1.11 bits per heavy atom. The number of nitrogens with one attached hydrogen (secondary N) is 1. The third-order valence-corrected chi connectivity index (χ3v) is 5.79. The number of nitrogens with zero attached hydrogens (tertiary/aromatic N) is 4. The second-order valence-electron chi connectivity index (χ2n) is 7.74. The van der Waals surface area contributed by atoms with Gasteiger partial charge in [0.1, 0.15) is 5.52 Å². The Bertz CT molecular complexity index is 929. The van der Waals surface area contributed by atoms with E-state index < -0.39 is 0 Å². The molecule has 0 radical (unpaired) electrons. The summed E-state index contributed by atoms with van der Waals surface area (Å²) in [6.07, 6.45) is 9.21. The summed E-state index contributed by atoms with van der Waals surface area (Å²) >= 11 is 0. The number of carbonyl (C=O) groups is 1. The largest absolute Gasteiger partial charge is 0.356 e. The zero-order chi connectivity index (χ0) is 19.3. The molecule has 1 N–H and O–H groups in total. The van der Waals surface area contributed by atoms with Crippen molar-refractivity contribution < 1.29 is 4.79 Å². The molecule has 0 bridgehead atoms. The first-order valence-electron chi connectivity index (χ1n) is 10.1. The quantitative estimate of drug-likeness (QED) is 0.715. The van der Waals surface area contributed by atoms with Crippen molar-refractivity contribution >= 4 is 17.1 Å². The van der Waals surface area contributed by atoms with Gasteiger partial charge in [0.2, 0.25) is 5.91 Å². The minimum Gasteiger partial charge on any atom is -0.356 e. The van der Waals surface area contributed by atoms with Crippen LogP contribution >= 0.6 is 0 Å². The van der Waals surface area contributed by atoms with Gasteiger partial charge in [-0.3, -0.25) is 4.79 Å². The number of amides is 1. The standard InChI is InChI=1S/C22H27N5O/c1-27-22-21(23-13-14-24-22)20(26-27)18-10-7-17(8-11-18)15-25-19(28)12-9-16-5-3-2-4-6-16/h2-6,13-14,17-18H,7-12,15H2,1H3,(H,25,28). The molecule has 0 unspecified atom stereocenters. The van der Waals surface area contributed by atoms with E-state index in [-0.39, 0.29) is 5.91 Å². The van der Waals surface area contributed by atoms with Crippen molar-refractivity contribution in [3.05, 3.63) is 54.0 Å². The molecule has 2 aromatic heterocycles. The summed E-state index contributed by atoms with van der Waals surface area (Å²) in [6, 6.07) is 10.2. The number of hydrogen-bond acceptors (Lipinski definition) is 4. The highest BCUT2D eigenvalue weighted by Gasteiger charge is 2.27. The third kappa shape index (κ3) is 4.21. The average molecular weight is 377 g/mol. The van der Waals surface area contributed by atoms with Crippen LogP contribution in [0, 0.1) is 5.92 Å². The van der Waals surface area contributed by atoms with Crippen molar-refractivity contribution in [3.8, 4) is 0 Å². The van der Waals surface area contributed by atoms with Crippen LogP contribution in [-0.2, 0) is 18.3 Å². The number of carbonyl (C=O) groups excluding carboxylic acids is 1. The van der Waals surface area contributed by atoms with Gasteiger partial charge >= 0.3 is 0 Å². The molecule has 0 atom stereocenters. The monoisotopic (exact) mass is 377 g/mol. The molecule has 0 spiro atoms. The van der Waals surface area contributed by atoms with Crippen molar-refractivity contribution in [3.63, 3.8) is 0 Å². The molecule has 3 aromatic rings. The SMILES string of the molecule is Cn1nc(C2CCC(CNC(=O)CCc3ccccc3)CC2)c2nccnc21. The van der Waals surface area contributed by atoms with Gasteiger partial charge in [-0.25, -0.2) is 14.6 Å². The summed E-state index contributed by atoms with van der Waals surface area (Å²) in [5, 5.41) is 7.82. The molecular weight excluding hydrogens is 350 g/mol. The minimum atomic E-state index is 0.150. The van der Waals surface area contributed by atoms with Crippen molar-refractivity contribution in [2.24, 2.45) is 13.0 Å². The molecule has 1 aliphatic rings. The number of fused-ring (bicyclic) bond motifs is 1. The molecule has 1 fully saturated rings. The van der Waals surface area contributed by atoms with Crippen molar-refractivity contribution in [1.82, 2.24) is 25.1 Å². The van der Waals surface area contributed by atoms with Gasteiger partial charge in [-0.05, 0) is 43.6 Å². The Hall–Kier alpha value is -2.76. The number of benzene rings is 1. The topological polar surface area (TPSA) is 72.7 Å². The molecule has 1 aliphatic carbocycles. The Balaban J connectivity index is 1.25. The van der Waals surface area contributed by atoms with E-state index in [0.29, 0.717) is 18.3 Å². The van der Waals surface area contributed by atoms with Gasteiger partial charge in [-0.1, -0.05) is 30.3 Å². The normalized spacial score (nSPS) is 19.6. The maximum absolute atomic E-state index is 12.2.